The SMILES string of the molecule is Cc1ccc(CNc2cc3nc(C)sc3cc2N)o1. The zero-order valence-electron chi connectivity index (χ0n) is 10.9. The Morgan fingerprint density at radius 3 is 2.89 bits per heavy atom. The molecule has 4 nitrogen and oxygen atoms in total. The maximum Gasteiger partial charge on any atom is 0.123 e. The minimum absolute atomic E-state index is 0.618. The van der Waals surface area contributed by atoms with Crippen molar-refractivity contribution in [3.8, 4) is 0 Å². The summed E-state index contributed by atoms with van der Waals surface area (Å²) in [6.07, 6.45) is 0. The van der Waals surface area contributed by atoms with Crippen molar-refractivity contribution in [2.45, 2.75) is 20.4 Å². The minimum Gasteiger partial charge on any atom is -0.465 e. The van der Waals surface area contributed by atoms with Crippen LogP contribution in [0.15, 0.2) is 28.7 Å². The second-order valence-electron chi connectivity index (χ2n) is 4.51. The molecule has 0 aliphatic rings. The van der Waals surface area contributed by atoms with Crippen molar-refractivity contribution >= 4 is 32.9 Å². The van der Waals surface area contributed by atoms with Gasteiger partial charge in [0, 0.05) is 0 Å². The van der Waals surface area contributed by atoms with Gasteiger partial charge in [0.25, 0.3) is 0 Å². The third-order valence-electron chi connectivity index (χ3n) is 2.92. The molecule has 0 bridgehead atoms. The highest BCUT2D eigenvalue weighted by atomic mass is 32.1. The van der Waals surface area contributed by atoms with E-state index < -0.39 is 0 Å². The van der Waals surface area contributed by atoms with Gasteiger partial charge in [-0.1, -0.05) is 0 Å². The Hall–Kier alpha value is -2.01. The maximum atomic E-state index is 6.05. The van der Waals surface area contributed by atoms with Gasteiger partial charge in [-0.25, -0.2) is 4.98 Å². The van der Waals surface area contributed by atoms with Gasteiger partial charge in [-0.15, -0.1) is 11.3 Å². The topological polar surface area (TPSA) is 64.1 Å². The molecule has 3 rings (SSSR count). The lowest BCUT2D eigenvalue weighted by atomic mass is 10.2. The highest BCUT2D eigenvalue weighted by Gasteiger charge is 2.07. The average Bonchev–Trinajstić information content (AvgIpc) is 2.91. The van der Waals surface area contributed by atoms with Gasteiger partial charge in [0.2, 0.25) is 0 Å². The van der Waals surface area contributed by atoms with Crippen LogP contribution in [0.1, 0.15) is 16.5 Å². The monoisotopic (exact) mass is 273 g/mol. The van der Waals surface area contributed by atoms with Gasteiger partial charge >= 0.3 is 0 Å². The first-order valence-electron chi connectivity index (χ1n) is 6.07. The third kappa shape index (κ3) is 2.42. The molecule has 98 valence electrons. The highest BCUT2D eigenvalue weighted by Crippen LogP contribution is 2.30. The number of nitrogens with two attached hydrogens (primary N) is 1. The maximum absolute atomic E-state index is 6.05. The van der Waals surface area contributed by atoms with E-state index in [1.54, 1.807) is 11.3 Å². The first kappa shape index (κ1) is 12.0. The lowest BCUT2D eigenvalue weighted by molar-refractivity contribution is 0.490. The summed E-state index contributed by atoms with van der Waals surface area (Å²) in [5, 5.41) is 4.34. The summed E-state index contributed by atoms with van der Waals surface area (Å²) in [4.78, 5) is 4.47. The van der Waals surface area contributed by atoms with E-state index in [9.17, 15) is 0 Å². The van der Waals surface area contributed by atoms with Crippen LogP contribution >= 0.6 is 11.3 Å². The Labute approximate surface area is 115 Å². The fourth-order valence-corrected chi connectivity index (χ4v) is 2.88. The largest absolute Gasteiger partial charge is 0.465 e. The Balaban J connectivity index is 1.85. The molecule has 3 N–H and O–H groups in total. The molecule has 19 heavy (non-hydrogen) atoms. The Morgan fingerprint density at radius 1 is 1.32 bits per heavy atom. The summed E-state index contributed by atoms with van der Waals surface area (Å²) >= 11 is 1.66. The molecule has 0 fully saturated rings. The molecule has 1 aromatic carbocycles. The molecule has 2 heterocycles. The summed E-state index contributed by atoms with van der Waals surface area (Å²) in [5.41, 5.74) is 8.66. The zero-order chi connectivity index (χ0) is 13.4. The number of nitrogen functional groups attached to an aromatic ring is 1. The molecule has 0 unspecified atom stereocenters. The van der Waals surface area contributed by atoms with Gasteiger partial charge in [-0.05, 0) is 38.1 Å². The van der Waals surface area contributed by atoms with E-state index in [0.29, 0.717) is 6.54 Å². The van der Waals surface area contributed by atoms with Crippen molar-refractivity contribution in [1.82, 2.24) is 4.98 Å². The number of nitrogens with zero attached hydrogens (tertiary/aromatic N) is 1. The molecule has 0 aliphatic heterocycles. The first-order chi connectivity index (χ1) is 9.11. The van der Waals surface area contributed by atoms with Crippen LogP contribution in [0.2, 0.25) is 0 Å². The van der Waals surface area contributed by atoms with E-state index in [2.05, 4.69) is 10.3 Å². The summed E-state index contributed by atoms with van der Waals surface area (Å²) in [6, 6.07) is 7.87. The van der Waals surface area contributed by atoms with Gasteiger partial charge in [-0.2, -0.15) is 0 Å². The van der Waals surface area contributed by atoms with E-state index in [-0.39, 0.29) is 0 Å². The Morgan fingerprint density at radius 2 is 2.16 bits per heavy atom. The predicted octanol–water partition coefficient (Wildman–Crippen LogP) is 3.70. The highest BCUT2D eigenvalue weighted by molar-refractivity contribution is 7.18. The molecular weight excluding hydrogens is 258 g/mol. The number of rotatable bonds is 3. The van der Waals surface area contributed by atoms with Crippen LogP contribution in [0, 0.1) is 13.8 Å². The molecule has 0 saturated carbocycles. The van der Waals surface area contributed by atoms with E-state index in [1.807, 2.05) is 38.1 Å². The van der Waals surface area contributed by atoms with Crippen molar-refractivity contribution in [2.75, 3.05) is 11.1 Å². The normalized spacial score (nSPS) is 11.1. The molecule has 5 heteroatoms. The summed E-state index contributed by atoms with van der Waals surface area (Å²) in [5.74, 6) is 1.81. The molecule has 3 aromatic rings. The van der Waals surface area contributed by atoms with E-state index >= 15 is 0 Å². The number of anilines is 2. The average molecular weight is 273 g/mol. The fraction of sp³-hybridized carbons (Fsp3) is 0.214. The van der Waals surface area contributed by atoms with Crippen LogP contribution < -0.4 is 11.1 Å². The Bertz CT molecular complexity index is 729. The van der Waals surface area contributed by atoms with Crippen molar-refractivity contribution in [2.24, 2.45) is 0 Å². The molecule has 0 radical (unpaired) electrons. The lowest BCUT2D eigenvalue weighted by Crippen LogP contribution is -2.01. The third-order valence-corrected chi connectivity index (χ3v) is 3.85. The summed E-state index contributed by atoms with van der Waals surface area (Å²) in [6.45, 7) is 4.55. The number of benzene rings is 1. The van der Waals surface area contributed by atoms with Crippen LogP contribution in [0.3, 0.4) is 0 Å². The number of thiazole rings is 1. The van der Waals surface area contributed by atoms with Gasteiger partial charge in [-0.3, -0.25) is 0 Å². The number of hydrogen-bond donors (Lipinski definition) is 2. The molecule has 0 saturated heterocycles. The van der Waals surface area contributed by atoms with E-state index in [1.165, 1.54) is 0 Å². The van der Waals surface area contributed by atoms with Gasteiger partial charge in [0.1, 0.15) is 11.5 Å². The number of furan rings is 1. The smallest absolute Gasteiger partial charge is 0.123 e. The van der Waals surface area contributed by atoms with Gasteiger partial charge < -0.3 is 15.5 Å². The van der Waals surface area contributed by atoms with Crippen LogP contribution in [0.25, 0.3) is 10.2 Å². The molecule has 0 amide bonds. The van der Waals surface area contributed by atoms with Crippen molar-refractivity contribution in [3.05, 3.63) is 40.8 Å². The van der Waals surface area contributed by atoms with Crippen LogP contribution in [-0.2, 0) is 6.54 Å². The number of hydrogen-bond acceptors (Lipinski definition) is 5. The second kappa shape index (κ2) is 4.59. The van der Waals surface area contributed by atoms with Crippen molar-refractivity contribution in [3.63, 3.8) is 0 Å². The number of fused-ring (bicyclic) bond motifs is 1. The standard InChI is InChI=1S/C14H15N3OS/c1-8-3-4-10(18-8)7-16-12-6-13-14(5-11(12)15)19-9(2)17-13/h3-6,16H,7,15H2,1-2H3. The quantitative estimate of drug-likeness (QED) is 0.714. The summed E-state index contributed by atoms with van der Waals surface area (Å²) in [7, 11) is 0. The van der Waals surface area contributed by atoms with E-state index in [4.69, 9.17) is 10.2 Å². The van der Waals surface area contributed by atoms with Crippen LogP contribution in [-0.4, -0.2) is 4.98 Å². The summed E-state index contributed by atoms with van der Waals surface area (Å²) < 4.78 is 6.64. The van der Waals surface area contributed by atoms with Gasteiger partial charge in [0.15, 0.2) is 0 Å². The molecular formula is C14H15N3OS. The molecule has 0 aliphatic carbocycles. The lowest BCUT2D eigenvalue weighted by Gasteiger charge is -2.07. The molecule has 0 atom stereocenters. The predicted molar refractivity (Wildman–Crippen MR) is 79.5 cm³/mol. The zero-order valence-corrected chi connectivity index (χ0v) is 11.7. The second-order valence-corrected chi connectivity index (χ2v) is 5.74. The Kier molecular flexibility index (Phi) is 2.91. The minimum atomic E-state index is 0.618. The van der Waals surface area contributed by atoms with Crippen molar-refractivity contribution in [1.29, 1.82) is 0 Å². The number of aromatic nitrogens is 1. The fourth-order valence-electron chi connectivity index (χ4n) is 2.02. The van der Waals surface area contributed by atoms with Crippen LogP contribution in [0.5, 0.6) is 0 Å². The number of aryl methyl sites for hydroxylation is 2. The number of nitrogens with one attached hydrogen (secondary N) is 1. The van der Waals surface area contributed by atoms with Gasteiger partial charge in [0.05, 0.1) is 33.1 Å². The van der Waals surface area contributed by atoms with E-state index in [0.717, 1.165) is 38.1 Å². The van der Waals surface area contributed by atoms with Crippen molar-refractivity contribution < 1.29 is 4.42 Å². The van der Waals surface area contributed by atoms with Crippen LogP contribution in [0.4, 0.5) is 11.4 Å². The molecule has 0 spiro atoms. The molecule has 2 aromatic heterocycles. The first-order valence-corrected chi connectivity index (χ1v) is 6.89.